The molecule has 0 aromatic carbocycles. The monoisotopic (exact) mass is 585 g/mol. The number of carbonyl (C=O) groups excluding carboxylic acids is 1. The van der Waals surface area contributed by atoms with Crippen LogP contribution in [0, 0.1) is 0 Å². The summed E-state index contributed by atoms with van der Waals surface area (Å²) in [6.07, 6.45) is 4.75. The number of rotatable bonds is 17. The lowest BCUT2D eigenvalue weighted by Crippen LogP contribution is -2.37. The van der Waals surface area contributed by atoms with Gasteiger partial charge in [0.05, 0.1) is 0 Å². The highest BCUT2D eigenvalue weighted by Gasteiger charge is 2.45. The van der Waals surface area contributed by atoms with E-state index in [0.717, 1.165) is 19.3 Å². The van der Waals surface area contributed by atoms with Crippen LogP contribution in [0.25, 0.3) is 0 Å². The maximum absolute atomic E-state index is 13.1. The SMILES string of the molecule is CCCCCCCCCCCCCCCC(=O)OC[C@H]1O[C@@H](n2cc(C(F)(F)F)c(N)nc2=O)[C@@H](O)[C@@H]1O.Cl. The summed E-state index contributed by atoms with van der Waals surface area (Å²) in [5.41, 5.74) is 2.63. The molecule has 0 bridgehead atoms. The van der Waals surface area contributed by atoms with E-state index in [4.69, 9.17) is 15.2 Å². The van der Waals surface area contributed by atoms with Crippen molar-refractivity contribution in [3.8, 4) is 0 Å². The van der Waals surface area contributed by atoms with Gasteiger partial charge >= 0.3 is 17.8 Å². The predicted molar refractivity (Wildman–Crippen MR) is 142 cm³/mol. The number of aliphatic hydroxyl groups is 2. The van der Waals surface area contributed by atoms with Crippen molar-refractivity contribution in [1.29, 1.82) is 0 Å². The van der Waals surface area contributed by atoms with E-state index in [-0.39, 0.29) is 18.8 Å². The van der Waals surface area contributed by atoms with Crippen LogP contribution in [0.4, 0.5) is 19.0 Å². The topological polar surface area (TPSA) is 137 Å². The van der Waals surface area contributed by atoms with Crippen LogP contribution in [0.2, 0.25) is 0 Å². The first-order valence-corrected chi connectivity index (χ1v) is 13.7. The number of hydrogen-bond acceptors (Lipinski definition) is 8. The normalized spacial score (nSPS) is 21.1. The number of anilines is 1. The zero-order valence-electron chi connectivity index (χ0n) is 22.5. The third kappa shape index (κ3) is 11.6. The third-order valence-corrected chi connectivity index (χ3v) is 6.79. The Morgan fingerprint density at radius 1 is 1.00 bits per heavy atom. The summed E-state index contributed by atoms with van der Waals surface area (Å²) in [7, 11) is 0. The van der Waals surface area contributed by atoms with E-state index in [0.29, 0.717) is 17.2 Å². The van der Waals surface area contributed by atoms with Crippen molar-refractivity contribution < 1.29 is 37.7 Å². The minimum Gasteiger partial charge on any atom is -0.463 e. The number of aliphatic hydroxyl groups excluding tert-OH is 2. The van der Waals surface area contributed by atoms with Gasteiger partial charge in [0.25, 0.3) is 0 Å². The van der Waals surface area contributed by atoms with Crippen LogP contribution in [-0.4, -0.2) is 50.7 Å². The van der Waals surface area contributed by atoms with Crippen molar-refractivity contribution >= 4 is 24.2 Å². The fourth-order valence-corrected chi connectivity index (χ4v) is 4.51. The van der Waals surface area contributed by atoms with Crippen molar-refractivity contribution in [1.82, 2.24) is 9.55 Å². The summed E-state index contributed by atoms with van der Waals surface area (Å²) >= 11 is 0. The molecule has 2 rings (SSSR count). The molecular weight excluding hydrogens is 543 g/mol. The Bertz CT molecular complexity index is 918. The van der Waals surface area contributed by atoms with E-state index in [2.05, 4.69) is 11.9 Å². The number of nitrogen functional groups attached to an aromatic ring is 1. The number of alkyl halides is 3. The van der Waals surface area contributed by atoms with Crippen LogP contribution in [0.1, 0.15) is 109 Å². The summed E-state index contributed by atoms with van der Waals surface area (Å²) in [5.74, 6) is -1.52. The van der Waals surface area contributed by atoms with E-state index in [1.165, 1.54) is 57.8 Å². The van der Waals surface area contributed by atoms with E-state index in [1.807, 2.05) is 0 Å². The molecular formula is C26H43ClF3N3O6. The molecule has 0 spiro atoms. The summed E-state index contributed by atoms with van der Waals surface area (Å²) in [6.45, 7) is 1.80. The second-order valence-corrected chi connectivity index (χ2v) is 9.95. The van der Waals surface area contributed by atoms with Gasteiger partial charge < -0.3 is 25.4 Å². The molecule has 2 heterocycles. The number of aromatic nitrogens is 2. The first-order valence-electron chi connectivity index (χ1n) is 13.7. The highest BCUT2D eigenvalue weighted by molar-refractivity contribution is 5.85. The molecule has 4 N–H and O–H groups in total. The Morgan fingerprint density at radius 3 is 2.03 bits per heavy atom. The van der Waals surface area contributed by atoms with Gasteiger partial charge in [-0.15, -0.1) is 12.4 Å². The molecule has 1 aromatic heterocycles. The van der Waals surface area contributed by atoms with Gasteiger partial charge in [-0.05, 0) is 6.42 Å². The van der Waals surface area contributed by atoms with E-state index in [9.17, 15) is 33.0 Å². The van der Waals surface area contributed by atoms with Gasteiger partial charge in [-0.2, -0.15) is 18.2 Å². The van der Waals surface area contributed by atoms with Gasteiger partial charge in [0, 0.05) is 12.6 Å². The number of unbranched alkanes of at least 4 members (excludes halogenated alkanes) is 12. The molecule has 1 saturated heterocycles. The van der Waals surface area contributed by atoms with Gasteiger partial charge in [0.15, 0.2) is 6.23 Å². The molecule has 0 saturated carbocycles. The number of nitrogens with zero attached hydrogens (tertiary/aromatic N) is 2. The van der Waals surface area contributed by atoms with Crippen molar-refractivity contribution in [2.24, 2.45) is 0 Å². The first kappa shape index (κ1) is 35.1. The fraction of sp³-hybridized carbons (Fsp3) is 0.808. The van der Waals surface area contributed by atoms with Gasteiger partial charge in [-0.3, -0.25) is 9.36 Å². The van der Waals surface area contributed by atoms with Gasteiger partial charge in [0.1, 0.15) is 36.3 Å². The zero-order valence-corrected chi connectivity index (χ0v) is 23.4. The standard InChI is InChI=1S/C26H42F3N3O6.ClH/c1-2-3-4-5-6-7-8-9-10-11-12-13-14-15-20(33)37-17-19-21(34)22(35)24(38-19)32-16-18(26(27,28)29)23(30)31-25(32)36;/h16,19,21-22,24,34-35H,2-15,17H2,1H3,(H2,30,31,36);1H/t19-,21-,22+,24-;/m1./s1. The quantitative estimate of drug-likeness (QED) is 0.173. The van der Waals surface area contributed by atoms with Crippen molar-refractivity contribution in [3.05, 3.63) is 22.2 Å². The highest BCUT2D eigenvalue weighted by atomic mass is 35.5. The molecule has 0 radical (unpaired) electrons. The Labute approximate surface area is 233 Å². The molecule has 1 aliphatic rings. The molecule has 13 heteroatoms. The lowest BCUT2D eigenvalue weighted by atomic mass is 10.0. The Kier molecular flexibility index (Phi) is 16.0. The number of halogens is 4. The van der Waals surface area contributed by atoms with E-state index in [1.54, 1.807) is 0 Å². The number of hydrogen-bond donors (Lipinski definition) is 3. The Balaban J connectivity index is 0.00000760. The van der Waals surface area contributed by atoms with Crippen molar-refractivity contribution in [2.75, 3.05) is 12.3 Å². The minimum absolute atomic E-state index is 0. The molecule has 226 valence electrons. The second-order valence-electron chi connectivity index (χ2n) is 9.95. The van der Waals surface area contributed by atoms with Crippen LogP contribution >= 0.6 is 12.4 Å². The average molecular weight is 586 g/mol. The van der Waals surface area contributed by atoms with Gasteiger partial charge in [-0.25, -0.2) is 4.79 Å². The van der Waals surface area contributed by atoms with Crippen molar-refractivity contribution in [3.63, 3.8) is 0 Å². The maximum Gasteiger partial charge on any atom is 0.421 e. The molecule has 0 unspecified atom stereocenters. The average Bonchev–Trinajstić information content (AvgIpc) is 3.13. The first-order chi connectivity index (χ1) is 18.1. The zero-order chi connectivity index (χ0) is 28.1. The number of carbonyl (C=O) groups is 1. The van der Waals surface area contributed by atoms with E-state index >= 15 is 0 Å². The number of nitrogens with two attached hydrogens (primary N) is 1. The molecule has 1 fully saturated rings. The van der Waals surface area contributed by atoms with Crippen LogP contribution in [0.3, 0.4) is 0 Å². The summed E-state index contributed by atoms with van der Waals surface area (Å²) in [4.78, 5) is 27.3. The molecule has 4 atom stereocenters. The smallest absolute Gasteiger partial charge is 0.421 e. The third-order valence-electron chi connectivity index (χ3n) is 6.79. The lowest BCUT2D eigenvalue weighted by molar-refractivity contribution is -0.150. The lowest BCUT2D eigenvalue weighted by Gasteiger charge is -2.19. The molecule has 0 amide bonds. The highest BCUT2D eigenvalue weighted by Crippen LogP contribution is 2.34. The predicted octanol–water partition coefficient (Wildman–Crippen LogP) is 4.91. The minimum atomic E-state index is -4.89. The van der Waals surface area contributed by atoms with Crippen LogP contribution in [0.15, 0.2) is 11.0 Å². The summed E-state index contributed by atoms with van der Waals surface area (Å²) in [5, 5.41) is 20.5. The number of ether oxygens (including phenoxy) is 2. The molecule has 0 aliphatic carbocycles. The van der Waals surface area contributed by atoms with Crippen LogP contribution in [0.5, 0.6) is 0 Å². The van der Waals surface area contributed by atoms with Gasteiger partial charge in [0.2, 0.25) is 0 Å². The molecule has 9 nitrogen and oxygen atoms in total. The second kappa shape index (κ2) is 17.7. The number of esters is 1. The molecule has 1 aromatic rings. The van der Waals surface area contributed by atoms with Crippen molar-refractivity contribution in [2.45, 2.75) is 128 Å². The Morgan fingerprint density at radius 2 is 1.51 bits per heavy atom. The molecule has 39 heavy (non-hydrogen) atoms. The fourth-order valence-electron chi connectivity index (χ4n) is 4.51. The van der Waals surface area contributed by atoms with Gasteiger partial charge in [-0.1, -0.05) is 84.0 Å². The van der Waals surface area contributed by atoms with E-state index < -0.39 is 60.4 Å². The molecule has 1 aliphatic heterocycles. The van der Waals surface area contributed by atoms with Crippen LogP contribution in [-0.2, 0) is 20.4 Å². The summed E-state index contributed by atoms with van der Waals surface area (Å²) < 4.78 is 50.3. The maximum atomic E-state index is 13.1. The Hall–Kier alpha value is -1.89. The summed E-state index contributed by atoms with van der Waals surface area (Å²) in [6, 6.07) is 0. The van der Waals surface area contributed by atoms with Crippen LogP contribution < -0.4 is 11.4 Å². The largest absolute Gasteiger partial charge is 0.463 e.